The molecule has 2 N–H and O–H groups in total. The van der Waals surface area contributed by atoms with Gasteiger partial charge in [-0.25, -0.2) is 4.98 Å². The summed E-state index contributed by atoms with van der Waals surface area (Å²) in [5.74, 6) is 0.718. The van der Waals surface area contributed by atoms with E-state index in [1.807, 2.05) is 67.6 Å². The van der Waals surface area contributed by atoms with Crippen LogP contribution in [0.1, 0.15) is 28.4 Å². The molecule has 3 heterocycles. The topological polar surface area (TPSA) is 96.2 Å². The Hall–Kier alpha value is -3.99. The number of nitrogens with zero attached hydrogens (tertiary/aromatic N) is 3. The molecule has 2 aromatic heterocycles. The van der Waals surface area contributed by atoms with Crippen molar-refractivity contribution in [3.05, 3.63) is 110 Å². The first-order valence-electron chi connectivity index (χ1n) is 12.2. The Labute approximate surface area is 235 Å². The van der Waals surface area contributed by atoms with E-state index in [0.29, 0.717) is 21.4 Å². The fourth-order valence-corrected chi connectivity index (χ4v) is 5.48. The van der Waals surface area contributed by atoms with Crippen molar-refractivity contribution in [2.75, 3.05) is 19.0 Å². The first kappa shape index (κ1) is 26.6. The molecule has 0 saturated carbocycles. The maximum absolute atomic E-state index is 13.6. The lowest BCUT2D eigenvalue weighted by Crippen LogP contribution is -2.27. The molecule has 0 bridgehead atoms. The third kappa shape index (κ3) is 5.58. The smallest absolute Gasteiger partial charge is 0.267 e. The number of aliphatic hydroxyl groups excluding tert-OH is 1. The van der Waals surface area contributed by atoms with Crippen LogP contribution in [-0.2, 0) is 11.3 Å². The quantitative estimate of drug-likeness (QED) is 0.240. The fraction of sp³-hybridized carbons (Fsp3) is 0.172. The molecule has 1 aliphatic heterocycles. The predicted molar refractivity (Wildman–Crippen MR) is 158 cm³/mol. The standard InChI is InChI=1S/C29H26N4O4S2/c1-18-7-6-14-32-26(18)31-25(30-16-23(34)20-8-4-3-5-9-20)22(27(32)35)15-24-28(36)33(29(38)39-24)17-19-10-12-21(37-2)13-11-19/h3-15,23,30,34H,16-17H2,1-2H3/b24-15+. The van der Waals surface area contributed by atoms with E-state index in [0.717, 1.165) is 34.2 Å². The Morgan fingerprint density at radius 1 is 1.10 bits per heavy atom. The summed E-state index contributed by atoms with van der Waals surface area (Å²) >= 11 is 6.65. The van der Waals surface area contributed by atoms with Gasteiger partial charge in [0, 0.05) is 12.7 Å². The van der Waals surface area contributed by atoms with Crippen LogP contribution < -0.4 is 15.6 Å². The SMILES string of the molecule is COc1ccc(CN2C(=O)/C(=C\c3c(NCC(O)c4ccccc4)nc4c(C)cccn4c3=O)SC2=S)cc1. The second-order valence-electron chi connectivity index (χ2n) is 8.99. The number of amides is 1. The number of pyridine rings is 1. The van der Waals surface area contributed by atoms with E-state index < -0.39 is 6.10 Å². The number of methoxy groups -OCH3 is 1. The summed E-state index contributed by atoms with van der Waals surface area (Å²) in [6, 6.07) is 20.3. The minimum Gasteiger partial charge on any atom is -0.497 e. The summed E-state index contributed by atoms with van der Waals surface area (Å²) in [6.07, 6.45) is 2.36. The number of ether oxygens (including phenoxy) is 1. The Kier molecular flexibility index (Phi) is 7.78. The van der Waals surface area contributed by atoms with Gasteiger partial charge in [0.05, 0.1) is 30.2 Å². The largest absolute Gasteiger partial charge is 0.497 e. The van der Waals surface area contributed by atoms with E-state index in [2.05, 4.69) is 5.32 Å². The van der Waals surface area contributed by atoms with Crippen molar-refractivity contribution in [3.8, 4) is 5.75 Å². The van der Waals surface area contributed by atoms with E-state index in [1.165, 1.54) is 15.4 Å². The molecule has 1 saturated heterocycles. The molecular formula is C29H26N4O4S2. The minimum absolute atomic E-state index is 0.123. The minimum atomic E-state index is -0.820. The van der Waals surface area contributed by atoms with E-state index in [1.54, 1.807) is 19.4 Å². The zero-order valence-electron chi connectivity index (χ0n) is 21.3. The number of fused-ring (bicyclic) bond motifs is 1. The van der Waals surface area contributed by atoms with E-state index in [4.69, 9.17) is 21.9 Å². The average Bonchev–Trinajstić information content (AvgIpc) is 3.22. The molecule has 2 aromatic carbocycles. The lowest BCUT2D eigenvalue weighted by Gasteiger charge is -2.16. The van der Waals surface area contributed by atoms with Gasteiger partial charge < -0.3 is 15.2 Å². The predicted octanol–water partition coefficient (Wildman–Crippen LogP) is 4.56. The van der Waals surface area contributed by atoms with E-state index in [-0.39, 0.29) is 29.4 Å². The normalized spacial score (nSPS) is 15.3. The highest BCUT2D eigenvalue weighted by Crippen LogP contribution is 2.34. The number of anilines is 1. The lowest BCUT2D eigenvalue weighted by molar-refractivity contribution is -0.122. The summed E-state index contributed by atoms with van der Waals surface area (Å²) in [4.78, 5) is 33.5. The van der Waals surface area contributed by atoms with Crippen molar-refractivity contribution < 1.29 is 14.6 Å². The Morgan fingerprint density at radius 3 is 2.56 bits per heavy atom. The Bertz CT molecular complexity index is 1640. The molecule has 1 aliphatic rings. The van der Waals surface area contributed by atoms with Gasteiger partial charge in [-0.2, -0.15) is 0 Å². The number of thioether (sulfide) groups is 1. The van der Waals surface area contributed by atoms with Crippen LogP contribution in [-0.4, -0.2) is 43.3 Å². The number of aromatic nitrogens is 2. The molecule has 1 amide bonds. The van der Waals surface area contributed by atoms with Gasteiger partial charge in [0.15, 0.2) is 0 Å². The summed E-state index contributed by atoms with van der Waals surface area (Å²) in [5, 5.41) is 13.8. The number of carbonyl (C=O) groups is 1. The highest BCUT2D eigenvalue weighted by Gasteiger charge is 2.32. The van der Waals surface area contributed by atoms with Crippen molar-refractivity contribution in [2.45, 2.75) is 19.6 Å². The molecule has 4 aromatic rings. The van der Waals surface area contributed by atoms with Gasteiger partial charge in [-0.05, 0) is 47.9 Å². The number of carbonyl (C=O) groups excluding carboxylic acids is 1. The average molecular weight is 559 g/mol. The zero-order valence-corrected chi connectivity index (χ0v) is 23.0. The van der Waals surface area contributed by atoms with Crippen LogP contribution in [0, 0.1) is 6.92 Å². The van der Waals surface area contributed by atoms with Crippen molar-refractivity contribution in [3.63, 3.8) is 0 Å². The molecule has 1 atom stereocenters. The molecule has 10 heteroatoms. The molecule has 39 heavy (non-hydrogen) atoms. The highest BCUT2D eigenvalue weighted by molar-refractivity contribution is 8.26. The number of hydrogen-bond acceptors (Lipinski definition) is 8. The molecule has 1 unspecified atom stereocenters. The van der Waals surface area contributed by atoms with Gasteiger partial charge in [-0.1, -0.05) is 72.5 Å². The zero-order chi connectivity index (χ0) is 27.5. The van der Waals surface area contributed by atoms with Gasteiger partial charge in [0.1, 0.15) is 21.5 Å². The van der Waals surface area contributed by atoms with Crippen molar-refractivity contribution in [1.82, 2.24) is 14.3 Å². The Morgan fingerprint density at radius 2 is 1.85 bits per heavy atom. The molecule has 0 radical (unpaired) electrons. The third-order valence-corrected chi connectivity index (χ3v) is 7.76. The van der Waals surface area contributed by atoms with Crippen LogP contribution in [0.15, 0.2) is 82.6 Å². The number of thiocarbonyl (C=S) groups is 1. The number of rotatable bonds is 8. The second kappa shape index (κ2) is 11.4. The van der Waals surface area contributed by atoms with Crippen molar-refractivity contribution >= 4 is 51.7 Å². The summed E-state index contributed by atoms with van der Waals surface area (Å²) in [6.45, 7) is 2.29. The van der Waals surface area contributed by atoms with Crippen molar-refractivity contribution in [1.29, 1.82) is 0 Å². The number of nitrogens with one attached hydrogen (secondary N) is 1. The van der Waals surface area contributed by atoms with Crippen LogP contribution in [0.4, 0.5) is 5.82 Å². The van der Waals surface area contributed by atoms with Crippen LogP contribution in [0.25, 0.3) is 11.7 Å². The van der Waals surface area contributed by atoms with Crippen LogP contribution in [0.5, 0.6) is 5.75 Å². The van der Waals surface area contributed by atoms with Gasteiger partial charge in [-0.15, -0.1) is 0 Å². The fourth-order valence-electron chi connectivity index (χ4n) is 4.24. The number of aryl methyl sites for hydroxylation is 1. The number of aliphatic hydroxyl groups is 1. The highest BCUT2D eigenvalue weighted by atomic mass is 32.2. The first-order chi connectivity index (χ1) is 18.9. The van der Waals surface area contributed by atoms with Gasteiger partial charge in [-0.3, -0.25) is 18.9 Å². The summed E-state index contributed by atoms with van der Waals surface area (Å²) < 4.78 is 7.07. The Balaban J connectivity index is 1.48. The first-order valence-corrected chi connectivity index (χ1v) is 13.5. The third-order valence-electron chi connectivity index (χ3n) is 6.38. The van der Waals surface area contributed by atoms with Gasteiger partial charge >= 0.3 is 0 Å². The molecule has 8 nitrogen and oxygen atoms in total. The molecule has 0 aliphatic carbocycles. The summed E-state index contributed by atoms with van der Waals surface area (Å²) in [7, 11) is 1.60. The van der Waals surface area contributed by atoms with Gasteiger partial charge in [0.2, 0.25) is 0 Å². The maximum atomic E-state index is 13.6. The summed E-state index contributed by atoms with van der Waals surface area (Å²) in [5.41, 5.74) is 2.82. The van der Waals surface area contributed by atoms with E-state index in [9.17, 15) is 14.7 Å². The van der Waals surface area contributed by atoms with Crippen LogP contribution in [0.2, 0.25) is 0 Å². The molecule has 5 rings (SSSR count). The van der Waals surface area contributed by atoms with Crippen LogP contribution >= 0.6 is 24.0 Å². The maximum Gasteiger partial charge on any atom is 0.267 e. The van der Waals surface area contributed by atoms with Crippen LogP contribution in [0.3, 0.4) is 0 Å². The van der Waals surface area contributed by atoms with Crippen molar-refractivity contribution in [2.24, 2.45) is 0 Å². The molecule has 1 fully saturated rings. The number of hydrogen-bond donors (Lipinski definition) is 2. The lowest BCUT2D eigenvalue weighted by atomic mass is 10.1. The monoisotopic (exact) mass is 558 g/mol. The van der Waals surface area contributed by atoms with Gasteiger partial charge in [0.25, 0.3) is 11.5 Å². The molecule has 198 valence electrons. The second-order valence-corrected chi connectivity index (χ2v) is 10.7. The molecule has 0 spiro atoms. The van der Waals surface area contributed by atoms with E-state index >= 15 is 0 Å². The molecular weight excluding hydrogens is 532 g/mol. The number of benzene rings is 2.